The molecule has 0 N–H and O–H groups in total. The molecule has 27 heavy (non-hydrogen) atoms. The van der Waals surface area contributed by atoms with E-state index in [9.17, 15) is 35.9 Å². The Labute approximate surface area is 151 Å². The van der Waals surface area contributed by atoms with Gasteiger partial charge in [0.05, 0.1) is 0 Å². The maximum Gasteiger partial charge on any atom is 0.449 e. The van der Waals surface area contributed by atoms with Gasteiger partial charge in [-0.05, 0) is 23.5 Å². The smallest absolute Gasteiger partial charge is 0.449 e. The Balaban J connectivity index is 3.09. The van der Waals surface area contributed by atoms with Crippen LogP contribution in [0.15, 0.2) is 24.3 Å². The van der Waals surface area contributed by atoms with Gasteiger partial charge in [0.15, 0.2) is 0 Å². The van der Waals surface area contributed by atoms with Crippen molar-refractivity contribution in [1.29, 1.82) is 0 Å². The third-order valence-electron chi connectivity index (χ3n) is 3.91. The van der Waals surface area contributed by atoms with Crippen molar-refractivity contribution in [2.75, 3.05) is 0 Å². The highest BCUT2D eigenvalue weighted by molar-refractivity contribution is 5.85. The van der Waals surface area contributed by atoms with Crippen LogP contribution in [0.4, 0.5) is 26.3 Å². The van der Waals surface area contributed by atoms with Crippen molar-refractivity contribution in [3.8, 4) is 0 Å². The number of halogens is 6. The Hall–Kier alpha value is -2.26. The lowest BCUT2D eigenvalue weighted by atomic mass is 9.98. The van der Waals surface area contributed by atoms with Gasteiger partial charge in [0.2, 0.25) is 0 Å². The summed E-state index contributed by atoms with van der Waals surface area (Å²) in [7, 11) is 0. The zero-order chi connectivity index (χ0) is 21.0. The number of carbonyl (C=O) groups excluding carboxylic acids is 2. The molecule has 0 aliphatic heterocycles. The standard InChI is InChI=1S/C17H18F6O4/c1-4-10(2)13-7-5-12(6-8-13)9-26-14(25)15(16(18,19)20,17(21,22)23)27-11(3)24/h5-8,10H,4,9H2,1-3H3. The van der Waals surface area contributed by atoms with Crippen molar-refractivity contribution < 1.29 is 45.4 Å². The topological polar surface area (TPSA) is 52.6 Å². The van der Waals surface area contributed by atoms with Crippen molar-refractivity contribution in [3.63, 3.8) is 0 Å². The Bertz CT molecular complexity index is 649. The maximum atomic E-state index is 13.1. The molecule has 0 radical (unpaired) electrons. The summed E-state index contributed by atoms with van der Waals surface area (Å²) in [5, 5.41) is 0. The third-order valence-corrected chi connectivity index (χ3v) is 3.91. The van der Waals surface area contributed by atoms with Crippen LogP contribution in [0.25, 0.3) is 0 Å². The number of ether oxygens (including phenoxy) is 2. The van der Waals surface area contributed by atoms with Crippen molar-refractivity contribution in [2.24, 2.45) is 0 Å². The number of hydrogen-bond donors (Lipinski definition) is 0. The Morgan fingerprint density at radius 1 is 1.00 bits per heavy atom. The Morgan fingerprint density at radius 2 is 1.48 bits per heavy atom. The van der Waals surface area contributed by atoms with Gasteiger partial charge in [-0.15, -0.1) is 0 Å². The van der Waals surface area contributed by atoms with Gasteiger partial charge >= 0.3 is 29.9 Å². The van der Waals surface area contributed by atoms with Crippen LogP contribution in [0.2, 0.25) is 0 Å². The first-order valence-corrected chi connectivity index (χ1v) is 7.85. The molecule has 0 heterocycles. The molecule has 0 aliphatic carbocycles. The first-order valence-electron chi connectivity index (χ1n) is 7.85. The van der Waals surface area contributed by atoms with Gasteiger partial charge in [0.1, 0.15) is 6.61 Å². The van der Waals surface area contributed by atoms with Crippen LogP contribution in [0.5, 0.6) is 0 Å². The van der Waals surface area contributed by atoms with Gasteiger partial charge in [-0.3, -0.25) is 4.79 Å². The van der Waals surface area contributed by atoms with E-state index in [2.05, 4.69) is 9.47 Å². The fourth-order valence-electron chi connectivity index (χ4n) is 2.19. The SMILES string of the molecule is CCC(C)c1ccc(COC(=O)C(OC(C)=O)(C(F)(F)F)C(F)(F)F)cc1. The highest BCUT2D eigenvalue weighted by Gasteiger charge is 2.80. The predicted octanol–water partition coefficient (Wildman–Crippen LogP) is 4.67. The van der Waals surface area contributed by atoms with E-state index < -0.39 is 36.5 Å². The van der Waals surface area contributed by atoms with Gasteiger partial charge in [0.25, 0.3) is 0 Å². The lowest BCUT2D eigenvalue weighted by Crippen LogP contribution is -2.65. The lowest BCUT2D eigenvalue weighted by molar-refractivity contribution is -0.359. The second-order valence-electron chi connectivity index (χ2n) is 5.90. The molecule has 10 heteroatoms. The van der Waals surface area contributed by atoms with Crippen LogP contribution < -0.4 is 0 Å². The molecule has 0 saturated carbocycles. The van der Waals surface area contributed by atoms with E-state index in [0.29, 0.717) is 6.92 Å². The molecule has 0 amide bonds. The largest absolute Gasteiger partial charge is 0.457 e. The number of esters is 2. The quantitative estimate of drug-likeness (QED) is 0.515. The second-order valence-corrected chi connectivity index (χ2v) is 5.90. The van der Waals surface area contributed by atoms with E-state index in [0.717, 1.165) is 12.0 Å². The third kappa shape index (κ3) is 4.92. The lowest BCUT2D eigenvalue weighted by Gasteiger charge is -2.33. The summed E-state index contributed by atoms with van der Waals surface area (Å²) in [6.07, 6.45) is -11.7. The Morgan fingerprint density at radius 3 is 1.85 bits per heavy atom. The number of alkyl halides is 6. The molecular weight excluding hydrogens is 382 g/mol. The minimum atomic E-state index is -6.26. The zero-order valence-corrected chi connectivity index (χ0v) is 14.7. The molecule has 1 unspecified atom stereocenters. The summed E-state index contributed by atoms with van der Waals surface area (Å²) in [6, 6.07) is 6.10. The summed E-state index contributed by atoms with van der Waals surface area (Å²) < 4.78 is 86.2. The number of benzene rings is 1. The number of carbonyl (C=O) groups is 2. The van der Waals surface area contributed by atoms with Crippen LogP contribution in [0, 0.1) is 0 Å². The summed E-state index contributed by atoms with van der Waals surface area (Å²) >= 11 is 0. The van der Waals surface area contributed by atoms with Crippen LogP contribution in [0.1, 0.15) is 44.2 Å². The maximum absolute atomic E-state index is 13.1. The number of hydrogen-bond acceptors (Lipinski definition) is 4. The van der Waals surface area contributed by atoms with Crippen molar-refractivity contribution in [3.05, 3.63) is 35.4 Å². The predicted molar refractivity (Wildman–Crippen MR) is 81.6 cm³/mol. The van der Waals surface area contributed by atoms with E-state index in [4.69, 9.17) is 0 Å². The summed E-state index contributed by atoms with van der Waals surface area (Å²) in [4.78, 5) is 22.6. The first kappa shape index (κ1) is 22.8. The molecule has 4 nitrogen and oxygen atoms in total. The van der Waals surface area contributed by atoms with E-state index in [1.807, 2.05) is 13.8 Å². The minimum Gasteiger partial charge on any atom is -0.457 e. The molecule has 0 aliphatic rings. The molecule has 0 aromatic heterocycles. The molecule has 1 atom stereocenters. The average Bonchev–Trinajstić information content (AvgIpc) is 2.54. The van der Waals surface area contributed by atoms with Crippen LogP contribution in [-0.2, 0) is 25.7 Å². The minimum absolute atomic E-state index is 0.177. The Kier molecular flexibility index (Phi) is 6.90. The highest BCUT2D eigenvalue weighted by atomic mass is 19.4. The normalized spacial score (nSPS) is 13.8. The van der Waals surface area contributed by atoms with E-state index >= 15 is 0 Å². The van der Waals surface area contributed by atoms with Crippen LogP contribution in [0.3, 0.4) is 0 Å². The summed E-state index contributed by atoms with van der Waals surface area (Å²) in [5.41, 5.74) is -4.30. The van der Waals surface area contributed by atoms with E-state index in [1.165, 1.54) is 12.1 Å². The van der Waals surface area contributed by atoms with Gasteiger partial charge < -0.3 is 9.47 Å². The molecule has 0 saturated heterocycles. The summed E-state index contributed by atoms with van der Waals surface area (Å²) in [5.74, 6) is -4.49. The zero-order valence-electron chi connectivity index (χ0n) is 14.7. The molecule has 1 rings (SSSR count). The molecule has 0 fully saturated rings. The molecule has 1 aromatic carbocycles. The van der Waals surface area contributed by atoms with Crippen LogP contribution >= 0.6 is 0 Å². The highest BCUT2D eigenvalue weighted by Crippen LogP contribution is 2.47. The van der Waals surface area contributed by atoms with Crippen molar-refractivity contribution in [1.82, 2.24) is 0 Å². The molecule has 0 bridgehead atoms. The molecule has 0 spiro atoms. The first-order chi connectivity index (χ1) is 12.3. The molecule has 1 aromatic rings. The molecule has 152 valence electrons. The van der Waals surface area contributed by atoms with Gasteiger partial charge in [-0.1, -0.05) is 38.1 Å². The van der Waals surface area contributed by atoms with E-state index in [1.54, 1.807) is 12.1 Å². The fourth-order valence-corrected chi connectivity index (χ4v) is 2.19. The summed E-state index contributed by atoms with van der Waals surface area (Å²) in [6.45, 7) is 3.36. The van der Waals surface area contributed by atoms with Gasteiger partial charge in [-0.2, -0.15) is 26.3 Å². The number of rotatable bonds is 6. The van der Waals surface area contributed by atoms with Gasteiger partial charge in [-0.25, -0.2) is 4.79 Å². The fraction of sp³-hybridized carbons (Fsp3) is 0.529. The molecular formula is C17H18F6O4. The van der Waals surface area contributed by atoms with Crippen molar-refractivity contribution >= 4 is 11.9 Å². The average molecular weight is 400 g/mol. The van der Waals surface area contributed by atoms with Crippen molar-refractivity contribution in [2.45, 2.75) is 57.7 Å². The monoisotopic (exact) mass is 400 g/mol. The van der Waals surface area contributed by atoms with E-state index in [-0.39, 0.29) is 11.5 Å². The van der Waals surface area contributed by atoms with Crippen LogP contribution in [-0.4, -0.2) is 29.9 Å². The van der Waals surface area contributed by atoms with Gasteiger partial charge in [0, 0.05) is 6.92 Å². The second kappa shape index (κ2) is 8.18.